The van der Waals surface area contributed by atoms with Gasteiger partial charge in [0.25, 0.3) is 0 Å². The molecule has 2 heterocycles. The molecule has 0 aliphatic carbocycles. The van der Waals surface area contributed by atoms with Crippen LogP contribution in [-0.4, -0.2) is 25.0 Å². The summed E-state index contributed by atoms with van der Waals surface area (Å²) in [5.74, 6) is 0. The molecule has 4 rings (SSSR count). The fourth-order valence-corrected chi connectivity index (χ4v) is 2.80. The third kappa shape index (κ3) is 2.20. The Bertz CT molecular complexity index is 1080. The number of rotatable bonds is 2. The van der Waals surface area contributed by atoms with Crippen LogP contribution in [0.3, 0.4) is 0 Å². The van der Waals surface area contributed by atoms with Crippen molar-refractivity contribution in [2.24, 2.45) is 7.05 Å². The van der Waals surface area contributed by atoms with Crippen LogP contribution in [0.25, 0.3) is 33.4 Å². The molecule has 0 unspecified atom stereocenters. The highest BCUT2D eigenvalue weighted by molar-refractivity contribution is 5.90. The van der Waals surface area contributed by atoms with Gasteiger partial charge in [0.15, 0.2) is 0 Å². The van der Waals surface area contributed by atoms with E-state index < -0.39 is 0 Å². The largest absolute Gasteiger partial charge is 0.261 e. The molecule has 24 heavy (non-hydrogen) atoms. The van der Waals surface area contributed by atoms with Crippen LogP contribution in [0, 0.1) is 11.3 Å². The lowest BCUT2D eigenvalue weighted by molar-refractivity contribution is 0.736. The van der Waals surface area contributed by atoms with E-state index in [-0.39, 0.29) is 0 Å². The first-order chi connectivity index (χ1) is 11.8. The number of benzene rings is 2. The third-order valence-electron chi connectivity index (χ3n) is 3.92. The van der Waals surface area contributed by atoms with Crippen molar-refractivity contribution in [1.82, 2.24) is 25.0 Å². The van der Waals surface area contributed by atoms with Gasteiger partial charge in [-0.15, -0.1) is 5.10 Å². The van der Waals surface area contributed by atoms with Gasteiger partial charge in [0, 0.05) is 30.6 Å². The van der Waals surface area contributed by atoms with Gasteiger partial charge >= 0.3 is 0 Å². The van der Waals surface area contributed by atoms with Crippen molar-refractivity contribution in [2.45, 2.75) is 0 Å². The van der Waals surface area contributed by atoms with E-state index in [1.54, 1.807) is 29.3 Å². The molecule has 0 spiro atoms. The van der Waals surface area contributed by atoms with Crippen LogP contribution in [0.4, 0.5) is 0 Å². The summed E-state index contributed by atoms with van der Waals surface area (Å²) >= 11 is 0. The van der Waals surface area contributed by atoms with Gasteiger partial charge in [-0.05, 0) is 23.8 Å². The summed E-state index contributed by atoms with van der Waals surface area (Å²) in [5, 5.41) is 17.7. The highest BCUT2D eigenvalue weighted by atomic mass is 15.4. The predicted octanol–water partition coefficient (Wildman–Crippen LogP) is 2.96. The van der Waals surface area contributed by atoms with Crippen LogP contribution in [0.2, 0.25) is 0 Å². The highest BCUT2D eigenvalue weighted by Crippen LogP contribution is 2.34. The standard InChI is InChI=1S/C18H12N6/c1-24-17-6-5-12(9-15(17)22-23-24)18-13(10-19)3-2-4-14(18)16-11-20-7-8-21-16/h2-9,11H,1H3. The molecule has 0 saturated heterocycles. The van der Waals surface area contributed by atoms with E-state index in [0.717, 1.165) is 33.4 Å². The molecule has 0 aliphatic rings. The lowest BCUT2D eigenvalue weighted by atomic mass is 9.93. The highest BCUT2D eigenvalue weighted by Gasteiger charge is 2.14. The molecule has 0 atom stereocenters. The number of aromatic nitrogens is 5. The summed E-state index contributed by atoms with van der Waals surface area (Å²) in [6.45, 7) is 0. The molecule has 0 aliphatic heterocycles. The molecule has 2 aromatic heterocycles. The van der Waals surface area contributed by atoms with Gasteiger partial charge < -0.3 is 0 Å². The first-order valence-corrected chi connectivity index (χ1v) is 7.37. The van der Waals surface area contributed by atoms with Crippen molar-refractivity contribution < 1.29 is 0 Å². The van der Waals surface area contributed by atoms with Gasteiger partial charge in [-0.25, -0.2) is 4.68 Å². The van der Waals surface area contributed by atoms with Crippen LogP contribution in [0.15, 0.2) is 55.0 Å². The third-order valence-corrected chi connectivity index (χ3v) is 3.92. The summed E-state index contributed by atoms with van der Waals surface area (Å²) < 4.78 is 1.72. The van der Waals surface area contributed by atoms with Crippen LogP contribution >= 0.6 is 0 Å². The first kappa shape index (κ1) is 14.0. The number of nitriles is 1. The predicted molar refractivity (Wildman–Crippen MR) is 89.7 cm³/mol. The molecule has 6 heteroatoms. The molecule has 2 aromatic carbocycles. The summed E-state index contributed by atoms with van der Waals surface area (Å²) in [6, 6.07) is 13.7. The molecule has 0 bridgehead atoms. The summed E-state index contributed by atoms with van der Waals surface area (Å²) in [7, 11) is 1.85. The Labute approximate surface area is 138 Å². The minimum absolute atomic E-state index is 0.585. The minimum atomic E-state index is 0.585. The molecule has 6 nitrogen and oxygen atoms in total. The minimum Gasteiger partial charge on any atom is -0.261 e. The second kappa shape index (κ2) is 5.56. The fraction of sp³-hybridized carbons (Fsp3) is 0.0556. The number of hydrogen-bond donors (Lipinski definition) is 0. The Morgan fingerprint density at radius 2 is 2.04 bits per heavy atom. The van der Waals surface area contributed by atoms with E-state index in [1.165, 1.54) is 0 Å². The van der Waals surface area contributed by atoms with Gasteiger partial charge in [0.2, 0.25) is 0 Å². The number of aryl methyl sites for hydroxylation is 1. The number of hydrogen-bond acceptors (Lipinski definition) is 5. The van der Waals surface area contributed by atoms with Crippen molar-refractivity contribution in [3.05, 3.63) is 60.6 Å². The summed E-state index contributed by atoms with van der Waals surface area (Å²) in [5.41, 5.74) is 5.63. The van der Waals surface area contributed by atoms with Gasteiger partial charge in [-0.1, -0.05) is 23.4 Å². The van der Waals surface area contributed by atoms with Crippen molar-refractivity contribution in [3.63, 3.8) is 0 Å². The second-order valence-electron chi connectivity index (χ2n) is 5.35. The van der Waals surface area contributed by atoms with Gasteiger partial charge in [0.1, 0.15) is 5.52 Å². The molecular weight excluding hydrogens is 300 g/mol. The maximum atomic E-state index is 9.55. The Hall–Kier alpha value is -3.59. The average Bonchev–Trinajstić information content (AvgIpc) is 3.02. The van der Waals surface area contributed by atoms with Gasteiger partial charge in [-0.2, -0.15) is 5.26 Å². The molecule has 0 radical (unpaired) electrons. The molecule has 0 N–H and O–H groups in total. The zero-order chi connectivity index (χ0) is 16.5. The molecule has 0 fully saturated rings. The molecule has 4 aromatic rings. The van der Waals surface area contributed by atoms with Crippen molar-refractivity contribution in [3.8, 4) is 28.5 Å². The Balaban J connectivity index is 2.00. The van der Waals surface area contributed by atoms with E-state index in [1.807, 2.05) is 37.4 Å². The van der Waals surface area contributed by atoms with Crippen LogP contribution in [0.5, 0.6) is 0 Å². The second-order valence-corrected chi connectivity index (χ2v) is 5.35. The zero-order valence-corrected chi connectivity index (χ0v) is 12.9. The van der Waals surface area contributed by atoms with E-state index >= 15 is 0 Å². The molecular formula is C18H12N6. The van der Waals surface area contributed by atoms with Crippen molar-refractivity contribution in [1.29, 1.82) is 5.26 Å². The molecule has 0 saturated carbocycles. The lowest BCUT2D eigenvalue weighted by Crippen LogP contribution is -1.93. The van der Waals surface area contributed by atoms with Crippen molar-refractivity contribution in [2.75, 3.05) is 0 Å². The number of fused-ring (bicyclic) bond motifs is 1. The summed E-state index contributed by atoms with van der Waals surface area (Å²) in [4.78, 5) is 8.51. The SMILES string of the molecule is Cn1nnc2cc(-c3c(C#N)cccc3-c3cnccn3)ccc21. The van der Waals surface area contributed by atoms with Crippen LogP contribution in [0.1, 0.15) is 5.56 Å². The smallest absolute Gasteiger partial charge is 0.113 e. The molecule has 0 amide bonds. The lowest BCUT2D eigenvalue weighted by Gasteiger charge is -2.11. The number of nitrogens with zero attached hydrogens (tertiary/aromatic N) is 6. The van der Waals surface area contributed by atoms with Gasteiger partial charge in [0.05, 0.1) is 29.0 Å². The van der Waals surface area contributed by atoms with E-state index in [0.29, 0.717) is 5.56 Å². The topological polar surface area (TPSA) is 80.3 Å². The molecule has 114 valence electrons. The monoisotopic (exact) mass is 312 g/mol. The van der Waals surface area contributed by atoms with Crippen LogP contribution < -0.4 is 0 Å². The van der Waals surface area contributed by atoms with Gasteiger partial charge in [-0.3, -0.25) is 9.97 Å². The zero-order valence-electron chi connectivity index (χ0n) is 12.9. The Morgan fingerprint density at radius 3 is 2.83 bits per heavy atom. The summed E-state index contributed by atoms with van der Waals surface area (Å²) in [6.07, 6.45) is 4.97. The van der Waals surface area contributed by atoms with Crippen molar-refractivity contribution >= 4 is 11.0 Å². The fourth-order valence-electron chi connectivity index (χ4n) is 2.80. The van der Waals surface area contributed by atoms with E-state index in [9.17, 15) is 5.26 Å². The Kier molecular flexibility index (Phi) is 3.25. The maximum Gasteiger partial charge on any atom is 0.113 e. The quantitative estimate of drug-likeness (QED) is 0.568. The van der Waals surface area contributed by atoms with E-state index in [4.69, 9.17) is 0 Å². The normalized spacial score (nSPS) is 10.7. The average molecular weight is 312 g/mol. The maximum absolute atomic E-state index is 9.55. The van der Waals surface area contributed by atoms with E-state index in [2.05, 4.69) is 26.3 Å². The first-order valence-electron chi connectivity index (χ1n) is 7.37. The van der Waals surface area contributed by atoms with Crippen LogP contribution in [-0.2, 0) is 7.05 Å². The Morgan fingerprint density at radius 1 is 1.12 bits per heavy atom.